The zero-order valence-corrected chi connectivity index (χ0v) is 9.69. The monoisotopic (exact) mass is 212 g/mol. The molecule has 0 aliphatic rings. The van der Waals surface area contributed by atoms with E-state index in [4.69, 9.17) is 4.42 Å². The Balaban J connectivity index is 2.65. The van der Waals surface area contributed by atoms with Crippen molar-refractivity contribution in [2.75, 3.05) is 0 Å². The first-order chi connectivity index (χ1) is 6.67. The maximum absolute atomic E-state index is 10.4. The van der Waals surface area contributed by atoms with Crippen molar-refractivity contribution in [3.05, 3.63) is 17.6 Å². The molecule has 0 spiro atoms. The van der Waals surface area contributed by atoms with Crippen LogP contribution >= 0.6 is 11.8 Å². The Morgan fingerprint density at radius 3 is 2.71 bits per heavy atom. The summed E-state index contributed by atoms with van der Waals surface area (Å²) in [6.07, 6.45) is 2.61. The number of rotatable bonds is 5. The van der Waals surface area contributed by atoms with E-state index in [9.17, 15) is 4.79 Å². The Hall–Kier alpha value is -0.700. The lowest BCUT2D eigenvalue weighted by Crippen LogP contribution is -2.00. The second-order valence-corrected chi connectivity index (χ2v) is 4.67. The lowest BCUT2D eigenvalue weighted by molar-refractivity contribution is -0.107. The van der Waals surface area contributed by atoms with E-state index in [1.807, 2.05) is 19.9 Å². The summed E-state index contributed by atoms with van der Waals surface area (Å²) >= 11 is 1.74. The Kier molecular flexibility index (Phi) is 4.26. The number of carbonyl (C=O) groups is 1. The van der Waals surface area contributed by atoms with Gasteiger partial charge in [0, 0.05) is 16.6 Å². The van der Waals surface area contributed by atoms with Crippen LogP contribution < -0.4 is 0 Å². The van der Waals surface area contributed by atoms with E-state index in [0.29, 0.717) is 11.7 Å². The molecule has 0 radical (unpaired) electrons. The van der Waals surface area contributed by atoms with Crippen molar-refractivity contribution in [3.63, 3.8) is 0 Å². The topological polar surface area (TPSA) is 30.2 Å². The van der Waals surface area contributed by atoms with Gasteiger partial charge in [-0.25, -0.2) is 0 Å². The van der Waals surface area contributed by atoms with Gasteiger partial charge >= 0.3 is 0 Å². The zero-order chi connectivity index (χ0) is 10.6. The van der Waals surface area contributed by atoms with Crippen LogP contribution in [0.15, 0.2) is 15.4 Å². The molecule has 0 amide bonds. The van der Waals surface area contributed by atoms with Crippen LogP contribution in [0.1, 0.15) is 31.3 Å². The highest BCUT2D eigenvalue weighted by Crippen LogP contribution is 2.31. The standard InChI is InChI=1S/C11H16O2S/c1-4-10(5-6-12)14-11-7-8(2)13-9(11)3/h6-7,10H,4-5H2,1-3H3. The molecule has 0 aliphatic carbocycles. The molecule has 78 valence electrons. The normalized spacial score (nSPS) is 12.8. The van der Waals surface area contributed by atoms with Crippen molar-refractivity contribution in [1.29, 1.82) is 0 Å². The van der Waals surface area contributed by atoms with Crippen LogP contribution in [0.5, 0.6) is 0 Å². The van der Waals surface area contributed by atoms with Gasteiger partial charge in [-0.1, -0.05) is 6.92 Å². The van der Waals surface area contributed by atoms with Gasteiger partial charge in [-0.15, -0.1) is 11.8 Å². The summed E-state index contributed by atoms with van der Waals surface area (Å²) in [6.45, 7) is 6.00. The fourth-order valence-corrected chi connectivity index (χ4v) is 2.45. The van der Waals surface area contributed by atoms with Gasteiger partial charge in [0.05, 0.1) is 0 Å². The minimum atomic E-state index is 0.378. The van der Waals surface area contributed by atoms with Crippen LogP contribution in [0.2, 0.25) is 0 Å². The predicted molar refractivity (Wildman–Crippen MR) is 58.8 cm³/mol. The molecule has 1 rings (SSSR count). The van der Waals surface area contributed by atoms with Gasteiger partial charge < -0.3 is 9.21 Å². The summed E-state index contributed by atoms with van der Waals surface area (Å²) in [5, 5.41) is 0.378. The summed E-state index contributed by atoms with van der Waals surface area (Å²) < 4.78 is 5.43. The lowest BCUT2D eigenvalue weighted by Gasteiger charge is -2.09. The van der Waals surface area contributed by atoms with Gasteiger partial charge in [0.15, 0.2) is 0 Å². The van der Waals surface area contributed by atoms with Gasteiger partial charge in [-0.05, 0) is 26.3 Å². The van der Waals surface area contributed by atoms with Crippen LogP contribution in [0.4, 0.5) is 0 Å². The smallest absolute Gasteiger partial charge is 0.121 e. The summed E-state index contributed by atoms with van der Waals surface area (Å²) in [7, 11) is 0. The van der Waals surface area contributed by atoms with Gasteiger partial charge in [0.2, 0.25) is 0 Å². The molecule has 1 unspecified atom stereocenters. The van der Waals surface area contributed by atoms with Crippen LogP contribution in [0.25, 0.3) is 0 Å². The van der Waals surface area contributed by atoms with E-state index in [-0.39, 0.29) is 0 Å². The average Bonchev–Trinajstić information content (AvgIpc) is 2.44. The molecule has 0 saturated carbocycles. The molecule has 0 aromatic carbocycles. The first-order valence-electron chi connectivity index (χ1n) is 4.84. The molecule has 0 bridgehead atoms. The van der Waals surface area contributed by atoms with E-state index in [1.54, 1.807) is 11.8 Å². The zero-order valence-electron chi connectivity index (χ0n) is 8.87. The van der Waals surface area contributed by atoms with Crippen molar-refractivity contribution in [3.8, 4) is 0 Å². The lowest BCUT2D eigenvalue weighted by atomic mass is 10.3. The highest BCUT2D eigenvalue weighted by molar-refractivity contribution is 8.00. The van der Waals surface area contributed by atoms with Gasteiger partial charge in [-0.2, -0.15) is 0 Å². The van der Waals surface area contributed by atoms with Crippen molar-refractivity contribution in [1.82, 2.24) is 0 Å². The number of furan rings is 1. The minimum absolute atomic E-state index is 0.378. The average molecular weight is 212 g/mol. The minimum Gasteiger partial charge on any atom is -0.465 e. The van der Waals surface area contributed by atoms with Crippen LogP contribution in [0.3, 0.4) is 0 Å². The Bertz CT molecular complexity index is 304. The fraction of sp³-hybridized carbons (Fsp3) is 0.545. The number of hydrogen-bond acceptors (Lipinski definition) is 3. The highest BCUT2D eigenvalue weighted by atomic mass is 32.2. The maximum atomic E-state index is 10.4. The number of thioether (sulfide) groups is 1. The predicted octanol–water partition coefficient (Wildman–Crippen LogP) is 3.36. The maximum Gasteiger partial charge on any atom is 0.121 e. The Morgan fingerprint density at radius 2 is 2.29 bits per heavy atom. The second kappa shape index (κ2) is 5.25. The van der Waals surface area contributed by atoms with Crippen molar-refractivity contribution >= 4 is 18.0 Å². The van der Waals surface area contributed by atoms with E-state index in [2.05, 4.69) is 6.92 Å². The number of hydrogen-bond donors (Lipinski definition) is 0. The summed E-state index contributed by atoms with van der Waals surface area (Å²) in [5.74, 6) is 1.89. The van der Waals surface area contributed by atoms with Gasteiger partial charge in [0.1, 0.15) is 17.8 Å². The third kappa shape index (κ3) is 2.91. The van der Waals surface area contributed by atoms with Crippen molar-refractivity contribution < 1.29 is 9.21 Å². The molecule has 0 fully saturated rings. The van der Waals surface area contributed by atoms with E-state index in [0.717, 1.165) is 29.1 Å². The largest absolute Gasteiger partial charge is 0.465 e. The highest BCUT2D eigenvalue weighted by Gasteiger charge is 2.12. The summed E-state index contributed by atoms with van der Waals surface area (Å²) in [6, 6.07) is 2.04. The van der Waals surface area contributed by atoms with E-state index in [1.165, 1.54) is 0 Å². The SMILES string of the molecule is CCC(CC=O)Sc1cc(C)oc1C. The van der Waals surface area contributed by atoms with E-state index >= 15 is 0 Å². The molecule has 14 heavy (non-hydrogen) atoms. The van der Waals surface area contributed by atoms with Crippen LogP contribution in [-0.4, -0.2) is 11.5 Å². The third-order valence-electron chi connectivity index (χ3n) is 2.10. The number of carbonyl (C=O) groups excluding carboxylic acids is 1. The van der Waals surface area contributed by atoms with Crippen molar-refractivity contribution in [2.24, 2.45) is 0 Å². The molecule has 1 atom stereocenters. The molecule has 1 heterocycles. The molecule has 2 nitrogen and oxygen atoms in total. The first kappa shape index (κ1) is 11.4. The second-order valence-electron chi connectivity index (χ2n) is 3.33. The fourth-order valence-electron chi connectivity index (χ4n) is 1.31. The van der Waals surface area contributed by atoms with Crippen LogP contribution in [0, 0.1) is 13.8 Å². The Morgan fingerprint density at radius 1 is 1.57 bits per heavy atom. The van der Waals surface area contributed by atoms with Crippen LogP contribution in [-0.2, 0) is 4.79 Å². The van der Waals surface area contributed by atoms with Crippen molar-refractivity contribution in [2.45, 2.75) is 43.8 Å². The summed E-state index contributed by atoms with van der Waals surface area (Å²) in [4.78, 5) is 11.6. The molecular formula is C11H16O2S. The van der Waals surface area contributed by atoms with Gasteiger partial charge in [-0.3, -0.25) is 0 Å². The first-order valence-corrected chi connectivity index (χ1v) is 5.72. The quantitative estimate of drug-likeness (QED) is 0.554. The third-order valence-corrected chi connectivity index (χ3v) is 3.62. The number of aldehydes is 1. The molecule has 1 aromatic rings. The molecular weight excluding hydrogens is 196 g/mol. The molecule has 0 saturated heterocycles. The summed E-state index contributed by atoms with van der Waals surface area (Å²) in [5.41, 5.74) is 0. The van der Waals surface area contributed by atoms with E-state index < -0.39 is 0 Å². The molecule has 0 N–H and O–H groups in total. The molecule has 0 aliphatic heterocycles. The van der Waals surface area contributed by atoms with Gasteiger partial charge in [0.25, 0.3) is 0 Å². The molecule has 1 aromatic heterocycles. The Labute approximate surface area is 89.1 Å². The molecule has 3 heteroatoms. The number of aryl methyl sites for hydroxylation is 2.